The van der Waals surface area contributed by atoms with Gasteiger partial charge in [0.1, 0.15) is 17.8 Å². The molecule has 0 amide bonds. The number of nitrogens with zero attached hydrogens (tertiary/aromatic N) is 3. The highest BCUT2D eigenvalue weighted by Crippen LogP contribution is 2.37. The average Bonchev–Trinajstić information content (AvgIpc) is 2.88. The van der Waals surface area contributed by atoms with Crippen LogP contribution < -0.4 is 5.73 Å². The van der Waals surface area contributed by atoms with Crippen LogP contribution >= 0.6 is 0 Å². The molecule has 0 atom stereocenters. The lowest BCUT2D eigenvalue weighted by molar-refractivity contribution is 0.280. The van der Waals surface area contributed by atoms with Gasteiger partial charge in [-0.2, -0.15) is 0 Å². The van der Waals surface area contributed by atoms with Crippen molar-refractivity contribution in [2.45, 2.75) is 19.9 Å². The lowest BCUT2D eigenvalue weighted by Crippen LogP contribution is -2.03. The number of aromatic nitrogens is 3. The van der Waals surface area contributed by atoms with E-state index in [9.17, 15) is 5.11 Å². The summed E-state index contributed by atoms with van der Waals surface area (Å²) < 4.78 is 2.05. The van der Waals surface area contributed by atoms with Crippen LogP contribution in [-0.4, -0.2) is 26.2 Å². The molecule has 23 heavy (non-hydrogen) atoms. The summed E-state index contributed by atoms with van der Waals surface area (Å²) in [5.41, 5.74) is 11.1. The van der Waals surface area contributed by atoms with Gasteiger partial charge in [0.15, 0.2) is 0 Å². The highest BCUT2D eigenvalue weighted by atomic mass is 16.3. The van der Waals surface area contributed by atoms with Gasteiger partial charge in [0.2, 0.25) is 0 Å². The van der Waals surface area contributed by atoms with Gasteiger partial charge in [0.05, 0.1) is 11.1 Å². The summed E-state index contributed by atoms with van der Waals surface area (Å²) >= 11 is 0. The van der Waals surface area contributed by atoms with Crippen molar-refractivity contribution in [1.29, 1.82) is 0 Å². The van der Waals surface area contributed by atoms with Gasteiger partial charge < -0.3 is 15.4 Å². The Kier molecular flexibility index (Phi) is 4.12. The number of hydrogen-bond donors (Lipinski definition) is 2. The molecule has 2 aromatic heterocycles. The Morgan fingerprint density at radius 1 is 1.26 bits per heavy atom. The summed E-state index contributed by atoms with van der Waals surface area (Å²) in [4.78, 5) is 8.56. The largest absolute Gasteiger partial charge is 0.396 e. The van der Waals surface area contributed by atoms with Crippen molar-refractivity contribution in [3.63, 3.8) is 0 Å². The van der Waals surface area contributed by atoms with E-state index in [0.29, 0.717) is 18.8 Å². The van der Waals surface area contributed by atoms with Gasteiger partial charge >= 0.3 is 0 Å². The maximum absolute atomic E-state index is 9.18. The number of rotatable bonds is 5. The first-order valence-electron chi connectivity index (χ1n) is 7.60. The molecule has 1 aromatic carbocycles. The first-order chi connectivity index (χ1) is 11.2. The number of nitrogens with two attached hydrogens (primary N) is 1. The smallest absolute Gasteiger partial charge is 0.146 e. The number of aliphatic hydroxyl groups is 1. The molecule has 0 radical (unpaired) electrons. The zero-order chi connectivity index (χ0) is 16.4. The molecule has 3 aromatic rings. The minimum absolute atomic E-state index is 0.122. The SMILES string of the molecule is C=Cc1c(-c2ccc(C)cc2)c2c(N)ncnc2n1CCCO. The molecule has 0 spiro atoms. The van der Waals surface area contributed by atoms with Gasteiger partial charge in [-0.1, -0.05) is 36.4 Å². The third-order valence-electron chi connectivity index (χ3n) is 3.98. The van der Waals surface area contributed by atoms with Crippen LogP contribution in [0.25, 0.3) is 28.2 Å². The predicted octanol–water partition coefficient (Wildman–Crippen LogP) is 3.01. The third-order valence-corrected chi connectivity index (χ3v) is 3.98. The first-order valence-corrected chi connectivity index (χ1v) is 7.60. The molecule has 0 bridgehead atoms. The summed E-state index contributed by atoms with van der Waals surface area (Å²) in [5, 5.41) is 10.0. The lowest BCUT2D eigenvalue weighted by atomic mass is 10.0. The molecule has 0 aliphatic carbocycles. The third kappa shape index (κ3) is 2.59. The van der Waals surface area contributed by atoms with Crippen LogP contribution in [0.4, 0.5) is 5.82 Å². The van der Waals surface area contributed by atoms with Gasteiger partial charge in [0, 0.05) is 18.7 Å². The molecule has 0 aliphatic rings. The van der Waals surface area contributed by atoms with E-state index in [0.717, 1.165) is 27.9 Å². The number of benzene rings is 1. The van der Waals surface area contributed by atoms with E-state index in [1.807, 2.05) is 10.6 Å². The van der Waals surface area contributed by atoms with E-state index in [2.05, 4.69) is 47.7 Å². The van der Waals surface area contributed by atoms with E-state index >= 15 is 0 Å². The zero-order valence-corrected chi connectivity index (χ0v) is 13.2. The van der Waals surface area contributed by atoms with E-state index in [4.69, 9.17) is 5.73 Å². The highest BCUT2D eigenvalue weighted by molar-refractivity contribution is 6.04. The molecule has 3 rings (SSSR count). The second kappa shape index (κ2) is 6.22. The number of aliphatic hydroxyl groups excluding tert-OH is 1. The summed E-state index contributed by atoms with van der Waals surface area (Å²) in [6.07, 6.45) is 3.93. The van der Waals surface area contributed by atoms with Crippen molar-refractivity contribution < 1.29 is 5.11 Å². The lowest BCUT2D eigenvalue weighted by Gasteiger charge is -2.08. The minimum atomic E-state index is 0.122. The average molecular weight is 308 g/mol. The van der Waals surface area contributed by atoms with Crippen molar-refractivity contribution in [3.8, 4) is 11.1 Å². The molecule has 5 heteroatoms. The van der Waals surface area contributed by atoms with E-state index in [-0.39, 0.29) is 6.61 Å². The highest BCUT2D eigenvalue weighted by Gasteiger charge is 2.20. The van der Waals surface area contributed by atoms with Crippen LogP contribution in [0.5, 0.6) is 0 Å². The van der Waals surface area contributed by atoms with Gasteiger partial charge in [-0.15, -0.1) is 0 Å². The Bertz CT molecular complexity index is 850. The fourth-order valence-electron chi connectivity index (χ4n) is 2.89. The van der Waals surface area contributed by atoms with Crippen LogP contribution in [0.15, 0.2) is 37.2 Å². The molecule has 0 saturated carbocycles. The monoisotopic (exact) mass is 308 g/mol. The van der Waals surface area contributed by atoms with Crippen molar-refractivity contribution in [2.75, 3.05) is 12.3 Å². The number of aryl methyl sites for hydroxylation is 2. The number of nitrogen functional groups attached to an aromatic ring is 1. The van der Waals surface area contributed by atoms with Crippen LogP contribution in [0.1, 0.15) is 17.7 Å². The number of fused-ring (bicyclic) bond motifs is 1. The Hall–Kier alpha value is -2.66. The van der Waals surface area contributed by atoms with Crippen LogP contribution in [0, 0.1) is 6.92 Å². The minimum Gasteiger partial charge on any atom is -0.396 e. The van der Waals surface area contributed by atoms with E-state index in [1.165, 1.54) is 11.9 Å². The van der Waals surface area contributed by atoms with Gasteiger partial charge in [0.25, 0.3) is 0 Å². The molecule has 0 fully saturated rings. The standard InChI is InChI=1S/C18H20N4O/c1-3-14-15(13-7-5-12(2)6-8-13)16-17(19)20-11-21-18(16)22(14)9-4-10-23/h3,5-8,11,23H,1,4,9-10H2,2H3,(H2,19,20,21). The van der Waals surface area contributed by atoms with Crippen LogP contribution in [0.2, 0.25) is 0 Å². The van der Waals surface area contributed by atoms with Crippen molar-refractivity contribution in [3.05, 3.63) is 48.4 Å². The van der Waals surface area contributed by atoms with Crippen molar-refractivity contribution in [2.24, 2.45) is 0 Å². The Morgan fingerprint density at radius 3 is 2.65 bits per heavy atom. The van der Waals surface area contributed by atoms with E-state index < -0.39 is 0 Å². The number of anilines is 1. The zero-order valence-electron chi connectivity index (χ0n) is 13.2. The van der Waals surface area contributed by atoms with Gasteiger partial charge in [-0.05, 0) is 25.0 Å². The quantitative estimate of drug-likeness (QED) is 0.759. The summed E-state index contributed by atoms with van der Waals surface area (Å²) in [7, 11) is 0. The molecule has 118 valence electrons. The normalized spacial score (nSPS) is 11.0. The molecular formula is C18H20N4O. The second-order valence-electron chi connectivity index (χ2n) is 5.52. The fraction of sp³-hybridized carbons (Fsp3) is 0.222. The Balaban J connectivity index is 2.34. The van der Waals surface area contributed by atoms with Crippen molar-refractivity contribution in [1.82, 2.24) is 14.5 Å². The number of hydrogen-bond acceptors (Lipinski definition) is 4. The van der Waals surface area contributed by atoms with E-state index in [1.54, 1.807) is 0 Å². The first kappa shape index (κ1) is 15.2. The maximum Gasteiger partial charge on any atom is 0.146 e. The Morgan fingerprint density at radius 2 is 2.00 bits per heavy atom. The molecule has 0 unspecified atom stereocenters. The molecule has 0 aliphatic heterocycles. The molecule has 2 heterocycles. The summed E-state index contributed by atoms with van der Waals surface area (Å²) in [5.74, 6) is 0.455. The second-order valence-corrected chi connectivity index (χ2v) is 5.52. The predicted molar refractivity (Wildman–Crippen MR) is 93.9 cm³/mol. The van der Waals surface area contributed by atoms with Crippen molar-refractivity contribution >= 4 is 22.9 Å². The van der Waals surface area contributed by atoms with Crippen LogP contribution in [0.3, 0.4) is 0 Å². The summed E-state index contributed by atoms with van der Waals surface area (Å²) in [6, 6.07) is 8.28. The van der Waals surface area contributed by atoms with Gasteiger partial charge in [-0.3, -0.25) is 0 Å². The molecule has 0 saturated heterocycles. The van der Waals surface area contributed by atoms with Gasteiger partial charge in [-0.25, -0.2) is 9.97 Å². The van der Waals surface area contributed by atoms with Crippen LogP contribution in [-0.2, 0) is 6.54 Å². The molecular weight excluding hydrogens is 288 g/mol. The summed E-state index contributed by atoms with van der Waals surface area (Å²) in [6.45, 7) is 6.78. The molecule has 3 N–H and O–H groups in total. The topological polar surface area (TPSA) is 77.0 Å². The maximum atomic E-state index is 9.18. The Labute approximate surface area is 135 Å². The fourth-order valence-corrected chi connectivity index (χ4v) is 2.89. The molecule has 5 nitrogen and oxygen atoms in total.